The standard InChI is InChI=1S/C15H24N4O3/c1-4-17(13-8-6-5-7-9-13)14(20)10-18-12(3)15(19(21)22)11(2)16-18/h13H,4-10H2,1-3H3. The Bertz CT molecular complexity index is 561. The van der Waals surface area contributed by atoms with Gasteiger partial charge in [0.05, 0.1) is 4.92 Å². The topological polar surface area (TPSA) is 81.3 Å². The van der Waals surface area contributed by atoms with E-state index in [2.05, 4.69) is 5.10 Å². The first kappa shape index (κ1) is 16.5. The number of carbonyl (C=O) groups excluding carboxylic acids is 1. The average Bonchev–Trinajstić information content (AvgIpc) is 2.75. The highest BCUT2D eigenvalue weighted by molar-refractivity contribution is 5.76. The lowest BCUT2D eigenvalue weighted by molar-refractivity contribution is -0.386. The van der Waals surface area contributed by atoms with Crippen molar-refractivity contribution in [2.75, 3.05) is 6.54 Å². The Kier molecular flexibility index (Phi) is 5.15. The maximum atomic E-state index is 12.6. The zero-order valence-electron chi connectivity index (χ0n) is 13.5. The molecule has 1 amide bonds. The molecule has 0 bridgehead atoms. The van der Waals surface area contributed by atoms with Crippen molar-refractivity contribution in [1.29, 1.82) is 0 Å². The maximum Gasteiger partial charge on any atom is 0.312 e. The maximum absolute atomic E-state index is 12.6. The smallest absolute Gasteiger partial charge is 0.312 e. The molecular formula is C15H24N4O3. The summed E-state index contributed by atoms with van der Waals surface area (Å²) in [6, 6.07) is 0.304. The van der Waals surface area contributed by atoms with Crippen molar-refractivity contribution < 1.29 is 9.72 Å². The summed E-state index contributed by atoms with van der Waals surface area (Å²) in [5.41, 5.74) is 0.806. The Morgan fingerprint density at radius 2 is 2.00 bits per heavy atom. The number of carbonyl (C=O) groups is 1. The van der Waals surface area contributed by atoms with Crippen LogP contribution in [0.4, 0.5) is 5.69 Å². The minimum absolute atomic E-state index is 0.00472. The highest BCUT2D eigenvalue weighted by Crippen LogP contribution is 2.24. The Morgan fingerprint density at radius 1 is 1.36 bits per heavy atom. The van der Waals surface area contributed by atoms with E-state index in [1.54, 1.807) is 13.8 Å². The van der Waals surface area contributed by atoms with Gasteiger partial charge in [0.25, 0.3) is 0 Å². The number of aromatic nitrogens is 2. The van der Waals surface area contributed by atoms with E-state index in [1.165, 1.54) is 23.9 Å². The summed E-state index contributed by atoms with van der Waals surface area (Å²) in [5.74, 6) is -0.00472. The summed E-state index contributed by atoms with van der Waals surface area (Å²) in [7, 11) is 0. The summed E-state index contributed by atoms with van der Waals surface area (Å²) in [6.45, 7) is 5.97. The van der Waals surface area contributed by atoms with Gasteiger partial charge in [0.15, 0.2) is 0 Å². The van der Waals surface area contributed by atoms with E-state index in [1.807, 2.05) is 11.8 Å². The largest absolute Gasteiger partial charge is 0.338 e. The van der Waals surface area contributed by atoms with Crippen LogP contribution in [0.3, 0.4) is 0 Å². The molecular weight excluding hydrogens is 284 g/mol. The van der Waals surface area contributed by atoms with Crippen LogP contribution < -0.4 is 0 Å². The minimum Gasteiger partial charge on any atom is -0.338 e. The zero-order valence-corrected chi connectivity index (χ0v) is 13.5. The van der Waals surface area contributed by atoms with E-state index in [9.17, 15) is 14.9 Å². The summed E-state index contributed by atoms with van der Waals surface area (Å²) in [5, 5.41) is 15.2. The third-order valence-electron chi connectivity index (χ3n) is 4.49. The SMILES string of the molecule is CCN(C(=O)Cn1nc(C)c([N+](=O)[O-])c1C)C1CCCCC1. The lowest BCUT2D eigenvalue weighted by atomic mass is 9.94. The molecule has 0 aliphatic heterocycles. The second-order valence-corrected chi connectivity index (χ2v) is 5.91. The van der Waals surface area contributed by atoms with Gasteiger partial charge in [-0.2, -0.15) is 5.10 Å². The molecule has 1 saturated carbocycles. The van der Waals surface area contributed by atoms with Crippen molar-refractivity contribution in [2.45, 2.75) is 65.5 Å². The van der Waals surface area contributed by atoms with Crippen LogP contribution in [0.5, 0.6) is 0 Å². The Balaban J connectivity index is 2.13. The van der Waals surface area contributed by atoms with Gasteiger partial charge < -0.3 is 4.90 Å². The van der Waals surface area contributed by atoms with Crippen LogP contribution in [0.2, 0.25) is 0 Å². The summed E-state index contributed by atoms with van der Waals surface area (Å²) in [4.78, 5) is 25.1. The van der Waals surface area contributed by atoms with Crippen molar-refractivity contribution in [3.05, 3.63) is 21.5 Å². The number of hydrogen-bond acceptors (Lipinski definition) is 4. The molecule has 0 saturated heterocycles. The molecule has 0 aromatic carbocycles. The second-order valence-electron chi connectivity index (χ2n) is 5.91. The number of rotatable bonds is 5. The molecule has 0 N–H and O–H groups in total. The molecule has 0 atom stereocenters. The van der Waals surface area contributed by atoms with Crippen molar-refractivity contribution in [3.8, 4) is 0 Å². The normalized spacial score (nSPS) is 15.8. The van der Waals surface area contributed by atoms with Crippen LogP contribution >= 0.6 is 0 Å². The Morgan fingerprint density at radius 3 is 2.50 bits per heavy atom. The van der Waals surface area contributed by atoms with E-state index in [0.29, 0.717) is 24.0 Å². The molecule has 1 fully saturated rings. The van der Waals surface area contributed by atoms with Gasteiger partial charge in [-0.05, 0) is 33.6 Å². The monoisotopic (exact) mass is 308 g/mol. The molecule has 1 aromatic rings. The van der Waals surface area contributed by atoms with E-state index in [-0.39, 0.29) is 18.1 Å². The molecule has 1 aromatic heterocycles. The molecule has 7 heteroatoms. The fourth-order valence-corrected chi connectivity index (χ4v) is 3.36. The van der Waals surface area contributed by atoms with Crippen LogP contribution in [0.25, 0.3) is 0 Å². The van der Waals surface area contributed by atoms with Crippen molar-refractivity contribution in [3.63, 3.8) is 0 Å². The first-order chi connectivity index (χ1) is 10.5. The van der Waals surface area contributed by atoms with Crippen LogP contribution in [0.1, 0.15) is 50.4 Å². The number of hydrogen-bond donors (Lipinski definition) is 0. The highest BCUT2D eigenvalue weighted by Gasteiger charge is 2.27. The van der Waals surface area contributed by atoms with Crippen molar-refractivity contribution in [2.24, 2.45) is 0 Å². The molecule has 0 radical (unpaired) electrons. The van der Waals surface area contributed by atoms with Crippen LogP contribution in [0.15, 0.2) is 0 Å². The van der Waals surface area contributed by atoms with E-state index in [0.717, 1.165) is 12.8 Å². The third-order valence-corrected chi connectivity index (χ3v) is 4.49. The first-order valence-corrected chi connectivity index (χ1v) is 7.93. The van der Waals surface area contributed by atoms with Gasteiger partial charge in [-0.25, -0.2) is 0 Å². The van der Waals surface area contributed by atoms with Gasteiger partial charge in [0.2, 0.25) is 5.91 Å². The highest BCUT2D eigenvalue weighted by atomic mass is 16.6. The second kappa shape index (κ2) is 6.89. The number of aryl methyl sites for hydroxylation is 1. The first-order valence-electron chi connectivity index (χ1n) is 7.93. The predicted molar refractivity (Wildman–Crippen MR) is 82.6 cm³/mol. The number of amides is 1. The molecule has 22 heavy (non-hydrogen) atoms. The Labute approximate surface area is 130 Å². The average molecular weight is 308 g/mol. The van der Waals surface area contributed by atoms with Crippen molar-refractivity contribution >= 4 is 11.6 Å². The zero-order chi connectivity index (χ0) is 16.3. The van der Waals surface area contributed by atoms with Gasteiger partial charge in [0.1, 0.15) is 17.9 Å². The van der Waals surface area contributed by atoms with Gasteiger partial charge in [0, 0.05) is 12.6 Å². The van der Waals surface area contributed by atoms with Gasteiger partial charge >= 0.3 is 5.69 Å². The molecule has 7 nitrogen and oxygen atoms in total. The summed E-state index contributed by atoms with van der Waals surface area (Å²) >= 11 is 0. The van der Waals surface area contributed by atoms with Crippen molar-refractivity contribution in [1.82, 2.24) is 14.7 Å². The predicted octanol–water partition coefficient (Wildman–Crippen LogP) is 2.59. The number of nitro groups is 1. The minimum atomic E-state index is -0.433. The van der Waals surface area contributed by atoms with E-state index >= 15 is 0 Å². The molecule has 0 spiro atoms. The van der Waals surface area contributed by atoms with E-state index < -0.39 is 4.92 Å². The van der Waals surface area contributed by atoms with Gasteiger partial charge in [-0.1, -0.05) is 19.3 Å². The molecule has 1 aliphatic carbocycles. The summed E-state index contributed by atoms with van der Waals surface area (Å²) in [6.07, 6.45) is 5.68. The van der Waals surface area contributed by atoms with E-state index in [4.69, 9.17) is 0 Å². The Hall–Kier alpha value is -1.92. The third kappa shape index (κ3) is 3.28. The fraction of sp³-hybridized carbons (Fsp3) is 0.733. The number of likely N-dealkylation sites (N-methyl/N-ethyl adjacent to an activating group) is 1. The quantitative estimate of drug-likeness (QED) is 0.618. The summed E-state index contributed by atoms with van der Waals surface area (Å²) < 4.78 is 1.46. The van der Waals surface area contributed by atoms with Gasteiger partial charge in [-0.15, -0.1) is 0 Å². The lowest BCUT2D eigenvalue weighted by Gasteiger charge is -2.33. The molecule has 2 rings (SSSR count). The molecule has 1 aliphatic rings. The van der Waals surface area contributed by atoms with Crippen LogP contribution in [0, 0.1) is 24.0 Å². The van der Waals surface area contributed by atoms with Gasteiger partial charge in [-0.3, -0.25) is 19.6 Å². The van der Waals surface area contributed by atoms with Crippen LogP contribution in [-0.4, -0.2) is 38.1 Å². The molecule has 122 valence electrons. The van der Waals surface area contributed by atoms with Crippen LogP contribution in [-0.2, 0) is 11.3 Å². The number of nitrogens with zero attached hydrogens (tertiary/aromatic N) is 4. The lowest BCUT2D eigenvalue weighted by Crippen LogP contribution is -2.43. The fourth-order valence-electron chi connectivity index (χ4n) is 3.36. The molecule has 0 unspecified atom stereocenters. The molecule has 1 heterocycles.